The number of nitrogens with zero attached hydrogens (tertiary/aromatic N) is 1. The van der Waals surface area contributed by atoms with Gasteiger partial charge in [0.25, 0.3) is 5.91 Å². The largest absolute Gasteiger partial charge is 0.325 e. The maximum absolute atomic E-state index is 13.1. The van der Waals surface area contributed by atoms with Crippen molar-refractivity contribution in [3.8, 4) is 0 Å². The van der Waals surface area contributed by atoms with E-state index >= 15 is 0 Å². The van der Waals surface area contributed by atoms with Gasteiger partial charge in [-0.3, -0.25) is 4.79 Å². The van der Waals surface area contributed by atoms with Gasteiger partial charge in [-0.1, -0.05) is 53.5 Å². The van der Waals surface area contributed by atoms with Gasteiger partial charge < -0.3 is 10.2 Å². The Hall–Kier alpha value is -2.16. The number of amides is 1. The maximum Gasteiger partial charge on any atom is 0.279 e. The van der Waals surface area contributed by atoms with Crippen LogP contribution in [-0.2, 0) is 14.8 Å². The number of anilines is 1. The van der Waals surface area contributed by atoms with Crippen molar-refractivity contribution >= 4 is 55.6 Å². The molecule has 162 valence electrons. The number of quaternary nitrogens is 1. The van der Waals surface area contributed by atoms with E-state index < -0.39 is 10.0 Å². The minimum absolute atomic E-state index is 0.167. The summed E-state index contributed by atoms with van der Waals surface area (Å²) < 4.78 is 27.6. The summed E-state index contributed by atoms with van der Waals surface area (Å²) in [4.78, 5) is 13.7. The van der Waals surface area contributed by atoms with Crippen LogP contribution in [0.5, 0.6) is 0 Å². The lowest BCUT2D eigenvalue weighted by atomic mass is 10.1. The summed E-state index contributed by atoms with van der Waals surface area (Å²) in [7, 11) is -3.57. The standard InChI is InChI=1S/C22H21Cl2N3O3S/c23-18-12-19(24)14-20(13-18)25-22(28)15-26-7-9-27(10-8-26)31(29,30)21-6-5-16-3-1-2-4-17(16)11-21/h1-6,11-14H,7-10,15H2,(H,25,28)/p+1. The van der Waals surface area contributed by atoms with Crippen LogP contribution in [-0.4, -0.2) is 51.4 Å². The normalized spacial score (nSPS) is 15.8. The lowest BCUT2D eigenvalue weighted by Gasteiger charge is -2.31. The van der Waals surface area contributed by atoms with Crippen LogP contribution < -0.4 is 10.2 Å². The average Bonchev–Trinajstić information content (AvgIpc) is 2.73. The van der Waals surface area contributed by atoms with Crippen LogP contribution in [0.2, 0.25) is 10.0 Å². The maximum atomic E-state index is 13.1. The van der Waals surface area contributed by atoms with E-state index in [1.54, 1.807) is 30.3 Å². The lowest BCUT2D eigenvalue weighted by Crippen LogP contribution is -3.15. The molecule has 2 N–H and O–H groups in total. The number of halogens is 2. The van der Waals surface area contributed by atoms with Gasteiger partial charge in [-0.15, -0.1) is 0 Å². The second-order valence-electron chi connectivity index (χ2n) is 7.55. The van der Waals surface area contributed by atoms with Gasteiger partial charge in [-0.25, -0.2) is 8.42 Å². The molecule has 1 fully saturated rings. The van der Waals surface area contributed by atoms with Gasteiger partial charge in [-0.05, 0) is 41.1 Å². The minimum atomic E-state index is -3.57. The second kappa shape index (κ2) is 9.14. The first-order chi connectivity index (χ1) is 14.8. The van der Waals surface area contributed by atoms with Crippen LogP contribution >= 0.6 is 23.2 Å². The summed E-state index contributed by atoms with van der Waals surface area (Å²) in [5, 5.41) is 5.59. The van der Waals surface area contributed by atoms with Crippen LogP contribution in [0, 0.1) is 0 Å². The molecule has 31 heavy (non-hydrogen) atoms. The van der Waals surface area contributed by atoms with Gasteiger partial charge in [0.05, 0.1) is 31.1 Å². The van der Waals surface area contributed by atoms with Crippen LogP contribution in [0.1, 0.15) is 0 Å². The molecular weight excluding hydrogens is 457 g/mol. The molecule has 6 nitrogen and oxygen atoms in total. The summed E-state index contributed by atoms with van der Waals surface area (Å²) in [6.07, 6.45) is 0. The Kier molecular flexibility index (Phi) is 6.50. The molecule has 0 unspecified atom stereocenters. The predicted molar refractivity (Wildman–Crippen MR) is 123 cm³/mol. The van der Waals surface area contributed by atoms with Crippen molar-refractivity contribution in [1.29, 1.82) is 0 Å². The van der Waals surface area contributed by atoms with Crippen molar-refractivity contribution < 1.29 is 18.1 Å². The van der Waals surface area contributed by atoms with E-state index in [1.165, 1.54) is 4.31 Å². The number of hydrogen-bond acceptors (Lipinski definition) is 3. The number of carbonyl (C=O) groups excluding carboxylic acids is 1. The molecule has 1 saturated heterocycles. The summed E-state index contributed by atoms with van der Waals surface area (Å²) >= 11 is 11.9. The Morgan fingerprint density at radius 1 is 0.935 bits per heavy atom. The third-order valence-corrected chi connectivity index (χ3v) is 7.68. The van der Waals surface area contributed by atoms with Crippen molar-refractivity contribution in [3.05, 3.63) is 70.7 Å². The summed E-state index contributed by atoms with van der Waals surface area (Å²) in [6, 6.07) is 17.7. The Balaban J connectivity index is 1.36. The van der Waals surface area contributed by atoms with Crippen LogP contribution in [0.4, 0.5) is 5.69 Å². The van der Waals surface area contributed by atoms with E-state index in [9.17, 15) is 13.2 Å². The van der Waals surface area contributed by atoms with Gasteiger partial charge in [0.1, 0.15) is 0 Å². The number of benzene rings is 3. The molecule has 4 rings (SSSR count). The molecule has 0 bridgehead atoms. The molecule has 0 spiro atoms. The summed E-state index contributed by atoms with van der Waals surface area (Å²) in [5.74, 6) is -0.167. The minimum Gasteiger partial charge on any atom is -0.325 e. The number of sulfonamides is 1. The van der Waals surface area contributed by atoms with Crippen molar-refractivity contribution in [2.75, 3.05) is 38.0 Å². The molecule has 0 atom stereocenters. The van der Waals surface area contributed by atoms with Crippen molar-refractivity contribution in [2.45, 2.75) is 4.90 Å². The fraction of sp³-hybridized carbons (Fsp3) is 0.227. The van der Waals surface area contributed by atoms with Crippen LogP contribution in [0.3, 0.4) is 0 Å². The molecule has 3 aromatic rings. The zero-order valence-electron chi connectivity index (χ0n) is 16.6. The van der Waals surface area contributed by atoms with E-state index in [2.05, 4.69) is 5.32 Å². The third-order valence-electron chi connectivity index (χ3n) is 5.35. The van der Waals surface area contributed by atoms with Gasteiger partial charge in [0.15, 0.2) is 6.54 Å². The smallest absolute Gasteiger partial charge is 0.279 e. The molecule has 0 saturated carbocycles. The zero-order chi connectivity index (χ0) is 22.0. The van der Waals surface area contributed by atoms with E-state index in [-0.39, 0.29) is 12.5 Å². The van der Waals surface area contributed by atoms with Crippen molar-refractivity contribution in [2.24, 2.45) is 0 Å². The summed E-state index contributed by atoms with van der Waals surface area (Å²) in [5.41, 5.74) is 0.541. The Morgan fingerprint density at radius 3 is 2.26 bits per heavy atom. The number of fused-ring (bicyclic) bond motifs is 1. The molecule has 3 aromatic carbocycles. The van der Waals surface area contributed by atoms with E-state index in [1.807, 2.05) is 30.3 Å². The predicted octanol–water partition coefficient (Wildman–Crippen LogP) is 2.67. The fourth-order valence-corrected chi connectivity index (χ4v) is 5.76. The van der Waals surface area contributed by atoms with Crippen molar-refractivity contribution in [1.82, 2.24) is 4.31 Å². The first kappa shape index (κ1) is 22.0. The number of carbonyl (C=O) groups is 1. The molecule has 1 amide bonds. The number of rotatable bonds is 5. The van der Waals surface area contributed by atoms with Gasteiger partial charge >= 0.3 is 0 Å². The second-order valence-corrected chi connectivity index (χ2v) is 10.4. The molecule has 0 aliphatic carbocycles. The highest BCUT2D eigenvalue weighted by Crippen LogP contribution is 2.23. The van der Waals surface area contributed by atoms with Crippen LogP contribution in [0.15, 0.2) is 65.6 Å². The quantitative estimate of drug-likeness (QED) is 0.592. The van der Waals surface area contributed by atoms with E-state index in [0.717, 1.165) is 15.7 Å². The number of piperazine rings is 1. The molecule has 1 aliphatic rings. The molecule has 1 heterocycles. The summed E-state index contributed by atoms with van der Waals surface area (Å²) in [6.45, 7) is 2.07. The number of hydrogen-bond donors (Lipinski definition) is 2. The Morgan fingerprint density at radius 2 is 1.58 bits per heavy atom. The van der Waals surface area contributed by atoms with Gasteiger partial charge in [0, 0.05) is 15.7 Å². The Labute approximate surface area is 191 Å². The molecule has 1 aliphatic heterocycles. The average molecular weight is 479 g/mol. The van der Waals surface area contributed by atoms with E-state index in [4.69, 9.17) is 23.2 Å². The molecule has 0 aromatic heterocycles. The fourth-order valence-electron chi connectivity index (χ4n) is 3.75. The first-order valence-electron chi connectivity index (χ1n) is 9.90. The molecule has 0 radical (unpaired) electrons. The van der Waals surface area contributed by atoms with Crippen LogP contribution in [0.25, 0.3) is 10.8 Å². The first-order valence-corrected chi connectivity index (χ1v) is 12.1. The number of nitrogens with one attached hydrogen (secondary N) is 2. The van der Waals surface area contributed by atoms with Crippen molar-refractivity contribution in [3.63, 3.8) is 0 Å². The zero-order valence-corrected chi connectivity index (χ0v) is 19.0. The Bertz CT molecular complexity index is 1210. The topological polar surface area (TPSA) is 70.9 Å². The highest BCUT2D eigenvalue weighted by molar-refractivity contribution is 7.89. The SMILES string of the molecule is O=C(C[NH+]1CCN(S(=O)(=O)c2ccc3ccccc3c2)CC1)Nc1cc(Cl)cc(Cl)c1. The van der Waals surface area contributed by atoms with Gasteiger partial charge in [0.2, 0.25) is 10.0 Å². The third kappa shape index (κ3) is 5.19. The monoisotopic (exact) mass is 478 g/mol. The lowest BCUT2D eigenvalue weighted by molar-refractivity contribution is -0.895. The highest BCUT2D eigenvalue weighted by atomic mass is 35.5. The molecular formula is C22H22Cl2N3O3S+. The van der Waals surface area contributed by atoms with E-state index in [0.29, 0.717) is 46.8 Å². The highest BCUT2D eigenvalue weighted by Gasteiger charge is 2.31. The van der Waals surface area contributed by atoms with Gasteiger partial charge in [-0.2, -0.15) is 4.31 Å². The molecule has 9 heteroatoms.